The van der Waals surface area contributed by atoms with Gasteiger partial charge in [0.15, 0.2) is 0 Å². The molecule has 1 N–H and O–H groups in total. The lowest BCUT2D eigenvalue weighted by atomic mass is 9.89. The van der Waals surface area contributed by atoms with Crippen LogP contribution in [0.2, 0.25) is 0 Å². The van der Waals surface area contributed by atoms with Crippen molar-refractivity contribution in [3.05, 3.63) is 35.4 Å². The van der Waals surface area contributed by atoms with Gasteiger partial charge in [0, 0.05) is 4.83 Å². The Hall–Kier alpha value is 0.620. The summed E-state index contributed by atoms with van der Waals surface area (Å²) in [6, 6.07) is 7.97. The van der Waals surface area contributed by atoms with Gasteiger partial charge in [-0.15, -0.1) is 0 Å². The van der Waals surface area contributed by atoms with Crippen molar-refractivity contribution in [1.82, 2.24) is 0 Å². The molecule has 0 aliphatic heterocycles. The van der Waals surface area contributed by atoms with Crippen molar-refractivity contribution in [2.45, 2.75) is 20.6 Å². The van der Waals surface area contributed by atoms with Crippen LogP contribution in [-0.4, -0.2) is 14.8 Å². The van der Waals surface area contributed by atoms with E-state index in [4.69, 9.17) is 0 Å². The third-order valence-corrected chi connectivity index (χ3v) is 7.15. The van der Waals surface area contributed by atoms with Crippen molar-refractivity contribution in [1.29, 1.82) is 0 Å². The molecule has 0 fully saturated rings. The van der Waals surface area contributed by atoms with E-state index in [-0.39, 0.29) is 14.5 Å². The third kappa shape index (κ3) is 1.70. The predicted molar refractivity (Wildman–Crippen MR) is 68.5 cm³/mol. The number of halogens is 3. The van der Waals surface area contributed by atoms with Gasteiger partial charge in [0.25, 0.3) is 0 Å². The molecule has 4 atom stereocenters. The van der Waals surface area contributed by atoms with Gasteiger partial charge in [-0.1, -0.05) is 72.1 Å². The lowest BCUT2D eigenvalue weighted by Crippen LogP contribution is -2.31. The van der Waals surface area contributed by atoms with Crippen LogP contribution in [-0.2, 0) is 0 Å². The fourth-order valence-electron chi connectivity index (χ4n) is 1.71. The Morgan fingerprint density at radius 1 is 0.929 bits per heavy atom. The average molecular weight is 385 g/mol. The van der Waals surface area contributed by atoms with E-state index in [1.807, 2.05) is 24.3 Å². The second kappa shape index (κ2) is 4.24. The first-order valence-electron chi connectivity index (χ1n) is 4.32. The molecule has 76 valence electrons. The molecule has 1 nitrogen and oxygen atoms in total. The van der Waals surface area contributed by atoms with Crippen LogP contribution >= 0.6 is 47.8 Å². The summed E-state index contributed by atoms with van der Waals surface area (Å²) in [6.07, 6.45) is -0.440. The van der Waals surface area contributed by atoms with E-state index in [2.05, 4.69) is 47.8 Å². The first-order chi connectivity index (χ1) is 6.63. The molecule has 0 amide bonds. The summed E-state index contributed by atoms with van der Waals surface area (Å²) in [4.78, 5) is 0.487. The van der Waals surface area contributed by atoms with Crippen LogP contribution in [0.25, 0.3) is 0 Å². The highest BCUT2D eigenvalue weighted by Gasteiger charge is 2.37. The summed E-state index contributed by atoms with van der Waals surface area (Å²) in [7, 11) is 0. The Balaban J connectivity index is 2.51. The minimum Gasteiger partial charge on any atom is -0.387 e. The highest BCUT2D eigenvalue weighted by atomic mass is 79.9. The molecule has 1 aromatic rings. The Morgan fingerprint density at radius 2 is 1.50 bits per heavy atom. The van der Waals surface area contributed by atoms with Crippen LogP contribution in [0.15, 0.2) is 24.3 Å². The molecule has 0 radical (unpaired) electrons. The molecule has 0 unspecified atom stereocenters. The van der Waals surface area contributed by atoms with Gasteiger partial charge in [-0.2, -0.15) is 0 Å². The minimum atomic E-state index is -0.440. The SMILES string of the molecule is O[C@@H]1c2ccccc2[C@@H](Br)[C@H](Br)[C@H]1Br. The standard InChI is InChI=1S/C10H9Br3O/c11-7-5-3-1-2-4-6(5)10(14)9(13)8(7)12/h1-4,7-10,14H/t7-,8+,9-,10-/m1/s1. The van der Waals surface area contributed by atoms with Crippen molar-refractivity contribution in [3.8, 4) is 0 Å². The van der Waals surface area contributed by atoms with Crippen LogP contribution in [0.1, 0.15) is 22.1 Å². The van der Waals surface area contributed by atoms with E-state index >= 15 is 0 Å². The molecule has 0 spiro atoms. The predicted octanol–water partition coefficient (Wildman–Crippen LogP) is 3.70. The molecule has 2 rings (SSSR count). The van der Waals surface area contributed by atoms with E-state index in [9.17, 15) is 5.11 Å². The highest BCUT2D eigenvalue weighted by Crippen LogP contribution is 2.47. The number of hydrogen-bond acceptors (Lipinski definition) is 1. The van der Waals surface area contributed by atoms with Crippen molar-refractivity contribution in [3.63, 3.8) is 0 Å². The quantitative estimate of drug-likeness (QED) is 0.676. The number of alkyl halides is 3. The van der Waals surface area contributed by atoms with E-state index in [0.717, 1.165) is 11.1 Å². The largest absolute Gasteiger partial charge is 0.387 e. The van der Waals surface area contributed by atoms with Crippen molar-refractivity contribution in [2.75, 3.05) is 0 Å². The van der Waals surface area contributed by atoms with E-state index < -0.39 is 6.10 Å². The molecular formula is C10H9Br3O. The molecule has 0 aromatic heterocycles. The summed E-state index contributed by atoms with van der Waals surface area (Å²) in [5.74, 6) is 0. The Bertz CT molecular complexity index is 309. The zero-order valence-electron chi connectivity index (χ0n) is 7.20. The lowest BCUT2D eigenvalue weighted by Gasteiger charge is -2.34. The highest BCUT2D eigenvalue weighted by molar-refractivity contribution is 9.13. The van der Waals surface area contributed by atoms with Gasteiger partial charge in [-0.05, 0) is 11.1 Å². The topological polar surface area (TPSA) is 20.2 Å². The molecule has 4 heteroatoms. The fraction of sp³-hybridized carbons (Fsp3) is 0.400. The van der Waals surface area contributed by atoms with Gasteiger partial charge in [0.05, 0.1) is 15.8 Å². The summed E-state index contributed by atoms with van der Waals surface area (Å²) in [5.41, 5.74) is 2.17. The molecule has 0 saturated carbocycles. The molecule has 0 heterocycles. The van der Waals surface area contributed by atoms with Gasteiger partial charge in [0.1, 0.15) is 0 Å². The van der Waals surface area contributed by atoms with Crippen LogP contribution in [0.3, 0.4) is 0 Å². The normalized spacial score (nSPS) is 36.6. The smallest absolute Gasteiger partial charge is 0.0929 e. The zero-order chi connectivity index (χ0) is 10.3. The van der Waals surface area contributed by atoms with Gasteiger partial charge in [0.2, 0.25) is 0 Å². The van der Waals surface area contributed by atoms with E-state index in [1.165, 1.54) is 0 Å². The first kappa shape index (κ1) is 11.1. The van der Waals surface area contributed by atoms with Crippen LogP contribution < -0.4 is 0 Å². The minimum absolute atomic E-state index is 0.0433. The van der Waals surface area contributed by atoms with E-state index in [1.54, 1.807) is 0 Å². The maximum absolute atomic E-state index is 10.0. The maximum atomic E-state index is 10.0. The van der Waals surface area contributed by atoms with Crippen molar-refractivity contribution in [2.24, 2.45) is 0 Å². The van der Waals surface area contributed by atoms with Gasteiger partial charge in [-0.25, -0.2) is 0 Å². The average Bonchev–Trinajstić information content (AvgIpc) is 2.23. The second-order valence-electron chi connectivity index (χ2n) is 3.36. The van der Waals surface area contributed by atoms with Gasteiger partial charge >= 0.3 is 0 Å². The van der Waals surface area contributed by atoms with Crippen LogP contribution in [0.4, 0.5) is 0 Å². The Kier molecular flexibility index (Phi) is 3.37. The summed E-state index contributed by atoms with van der Waals surface area (Å²) in [6.45, 7) is 0. The molecule has 1 aromatic carbocycles. The Labute approximate surface area is 108 Å². The number of aliphatic hydroxyl groups is 1. The van der Waals surface area contributed by atoms with Gasteiger partial charge < -0.3 is 5.11 Å². The Morgan fingerprint density at radius 3 is 2.14 bits per heavy atom. The van der Waals surface area contributed by atoms with Crippen LogP contribution in [0, 0.1) is 0 Å². The first-order valence-corrected chi connectivity index (χ1v) is 7.06. The molecule has 14 heavy (non-hydrogen) atoms. The summed E-state index contributed by atoms with van der Waals surface area (Å²) in [5, 5.41) is 10.0. The maximum Gasteiger partial charge on any atom is 0.0929 e. The fourth-order valence-corrected chi connectivity index (χ4v) is 4.03. The van der Waals surface area contributed by atoms with Crippen LogP contribution in [0.5, 0.6) is 0 Å². The van der Waals surface area contributed by atoms with Crippen molar-refractivity contribution < 1.29 is 5.11 Å². The second-order valence-corrected chi connectivity index (χ2v) is 6.47. The molecule has 0 saturated heterocycles. The zero-order valence-corrected chi connectivity index (χ0v) is 12.0. The molecule has 0 bridgehead atoms. The van der Waals surface area contributed by atoms with Crippen molar-refractivity contribution >= 4 is 47.8 Å². The van der Waals surface area contributed by atoms with E-state index in [0.29, 0.717) is 0 Å². The summed E-state index contributed by atoms with van der Waals surface area (Å²) < 4.78 is 0. The number of aliphatic hydroxyl groups excluding tert-OH is 1. The number of rotatable bonds is 0. The summed E-state index contributed by atoms with van der Waals surface area (Å²) >= 11 is 10.7. The molecule has 1 aliphatic carbocycles. The monoisotopic (exact) mass is 382 g/mol. The number of fused-ring (bicyclic) bond motifs is 1. The third-order valence-electron chi connectivity index (χ3n) is 2.50. The molecular weight excluding hydrogens is 376 g/mol. The number of benzene rings is 1. The molecule has 1 aliphatic rings. The number of hydrogen-bond donors (Lipinski definition) is 1. The lowest BCUT2D eigenvalue weighted by molar-refractivity contribution is 0.168. The van der Waals surface area contributed by atoms with Gasteiger partial charge in [-0.3, -0.25) is 0 Å².